The predicted molar refractivity (Wildman–Crippen MR) is 50.4 cm³/mol. The summed E-state index contributed by atoms with van der Waals surface area (Å²) in [7, 11) is 0. The zero-order valence-corrected chi connectivity index (χ0v) is 7.67. The minimum absolute atomic E-state index is 0.555. The average molecular weight is 176 g/mol. The van der Waals surface area contributed by atoms with Crippen LogP contribution in [0.3, 0.4) is 0 Å². The molecule has 2 heteroatoms. The molecule has 1 aromatic carbocycles. The van der Waals surface area contributed by atoms with E-state index in [0.717, 1.165) is 17.7 Å². The van der Waals surface area contributed by atoms with E-state index in [-0.39, 0.29) is 0 Å². The Balaban J connectivity index is 2.25. The quantitative estimate of drug-likeness (QED) is 0.509. The standard InChI is InChI=1S/C11H12O2/c1-8(2)5-9-3-4-11-10(6-9)7-12-13-11/h3-4,6H,1,5,7H2,2H3. The van der Waals surface area contributed by atoms with E-state index in [0.29, 0.717) is 6.61 Å². The van der Waals surface area contributed by atoms with Crippen molar-refractivity contribution in [2.45, 2.75) is 20.0 Å². The summed E-state index contributed by atoms with van der Waals surface area (Å²) in [5.74, 6) is 0.838. The van der Waals surface area contributed by atoms with Crippen molar-refractivity contribution in [2.24, 2.45) is 0 Å². The Morgan fingerprint density at radius 1 is 1.54 bits per heavy atom. The van der Waals surface area contributed by atoms with Gasteiger partial charge in [-0.15, -0.1) is 0 Å². The van der Waals surface area contributed by atoms with Gasteiger partial charge in [0.05, 0.1) is 0 Å². The second kappa shape index (κ2) is 3.23. The Hall–Kier alpha value is -1.28. The van der Waals surface area contributed by atoms with Crippen LogP contribution in [0.5, 0.6) is 5.75 Å². The van der Waals surface area contributed by atoms with Gasteiger partial charge in [-0.1, -0.05) is 18.2 Å². The van der Waals surface area contributed by atoms with Crippen LogP contribution in [0.15, 0.2) is 30.4 Å². The minimum Gasteiger partial charge on any atom is -0.337 e. The minimum atomic E-state index is 0.555. The first kappa shape index (κ1) is 8.32. The number of rotatable bonds is 2. The first-order valence-electron chi connectivity index (χ1n) is 4.31. The van der Waals surface area contributed by atoms with Crippen molar-refractivity contribution in [2.75, 3.05) is 0 Å². The number of fused-ring (bicyclic) bond motifs is 1. The predicted octanol–water partition coefficient (Wildman–Crippen LogP) is 2.63. The summed E-state index contributed by atoms with van der Waals surface area (Å²) >= 11 is 0. The first-order chi connectivity index (χ1) is 6.25. The Morgan fingerprint density at radius 2 is 2.38 bits per heavy atom. The third kappa shape index (κ3) is 1.73. The molecule has 0 atom stereocenters. The normalized spacial score (nSPS) is 13.6. The highest BCUT2D eigenvalue weighted by molar-refractivity contribution is 5.38. The molecule has 2 nitrogen and oxygen atoms in total. The van der Waals surface area contributed by atoms with Gasteiger partial charge in [0.25, 0.3) is 0 Å². The summed E-state index contributed by atoms with van der Waals surface area (Å²) in [4.78, 5) is 9.79. The van der Waals surface area contributed by atoms with Crippen LogP contribution in [0.25, 0.3) is 0 Å². The van der Waals surface area contributed by atoms with E-state index in [1.807, 2.05) is 19.1 Å². The Labute approximate surface area is 77.7 Å². The molecule has 0 amide bonds. The highest BCUT2D eigenvalue weighted by atomic mass is 17.2. The van der Waals surface area contributed by atoms with Gasteiger partial charge < -0.3 is 4.89 Å². The summed E-state index contributed by atoms with van der Waals surface area (Å²) in [5, 5.41) is 0. The smallest absolute Gasteiger partial charge is 0.171 e. The molecular weight excluding hydrogens is 164 g/mol. The molecule has 1 heterocycles. The van der Waals surface area contributed by atoms with Crippen molar-refractivity contribution in [3.63, 3.8) is 0 Å². The maximum Gasteiger partial charge on any atom is 0.171 e. The second-order valence-corrected chi connectivity index (χ2v) is 3.42. The summed E-state index contributed by atoms with van der Waals surface area (Å²) in [6.07, 6.45) is 0.924. The van der Waals surface area contributed by atoms with Crippen LogP contribution in [-0.4, -0.2) is 0 Å². The first-order valence-corrected chi connectivity index (χ1v) is 4.31. The number of allylic oxidation sites excluding steroid dienone is 1. The average Bonchev–Trinajstić information content (AvgIpc) is 2.49. The van der Waals surface area contributed by atoms with Crippen LogP contribution in [0, 0.1) is 0 Å². The van der Waals surface area contributed by atoms with E-state index in [9.17, 15) is 0 Å². The molecule has 0 fully saturated rings. The molecule has 0 aliphatic carbocycles. The van der Waals surface area contributed by atoms with Gasteiger partial charge in [0.15, 0.2) is 5.75 Å². The Bertz CT molecular complexity index is 342. The van der Waals surface area contributed by atoms with Crippen molar-refractivity contribution in [3.8, 4) is 5.75 Å². The van der Waals surface area contributed by atoms with Crippen molar-refractivity contribution in [3.05, 3.63) is 41.5 Å². The molecule has 1 aliphatic rings. The summed E-state index contributed by atoms with van der Waals surface area (Å²) in [5.41, 5.74) is 3.55. The van der Waals surface area contributed by atoms with Crippen molar-refractivity contribution < 1.29 is 9.78 Å². The van der Waals surface area contributed by atoms with E-state index in [2.05, 4.69) is 12.6 Å². The van der Waals surface area contributed by atoms with Crippen LogP contribution in [0.4, 0.5) is 0 Å². The van der Waals surface area contributed by atoms with Gasteiger partial charge >= 0.3 is 0 Å². The van der Waals surface area contributed by atoms with Gasteiger partial charge in [-0.25, -0.2) is 0 Å². The molecule has 2 rings (SSSR count). The van der Waals surface area contributed by atoms with Crippen molar-refractivity contribution in [1.29, 1.82) is 0 Å². The van der Waals surface area contributed by atoms with Crippen LogP contribution in [0.1, 0.15) is 18.1 Å². The van der Waals surface area contributed by atoms with E-state index in [1.54, 1.807) is 0 Å². The number of benzene rings is 1. The molecule has 0 N–H and O–H groups in total. The van der Waals surface area contributed by atoms with Gasteiger partial charge in [-0.05, 0) is 31.0 Å². The highest BCUT2D eigenvalue weighted by Crippen LogP contribution is 2.27. The van der Waals surface area contributed by atoms with E-state index in [4.69, 9.17) is 9.78 Å². The fourth-order valence-electron chi connectivity index (χ4n) is 1.44. The molecule has 0 radical (unpaired) electrons. The molecule has 0 unspecified atom stereocenters. The van der Waals surface area contributed by atoms with Crippen LogP contribution in [-0.2, 0) is 17.9 Å². The SMILES string of the molecule is C=C(C)Cc1ccc2c(c1)COO2. The topological polar surface area (TPSA) is 18.5 Å². The van der Waals surface area contributed by atoms with E-state index >= 15 is 0 Å². The lowest BCUT2D eigenvalue weighted by Crippen LogP contribution is -1.87. The van der Waals surface area contributed by atoms with Crippen LogP contribution >= 0.6 is 0 Å². The van der Waals surface area contributed by atoms with Gasteiger partial charge in [-0.2, -0.15) is 4.89 Å². The summed E-state index contributed by atoms with van der Waals surface area (Å²) < 4.78 is 0. The molecule has 0 spiro atoms. The van der Waals surface area contributed by atoms with Gasteiger partial charge in [0.1, 0.15) is 6.61 Å². The molecule has 0 aromatic heterocycles. The largest absolute Gasteiger partial charge is 0.337 e. The Kier molecular flexibility index (Phi) is 2.07. The van der Waals surface area contributed by atoms with Gasteiger partial charge in [0, 0.05) is 5.56 Å². The lowest BCUT2D eigenvalue weighted by Gasteiger charge is -2.01. The zero-order valence-electron chi connectivity index (χ0n) is 7.67. The monoisotopic (exact) mass is 176 g/mol. The molecule has 13 heavy (non-hydrogen) atoms. The maximum atomic E-state index is 4.94. The zero-order chi connectivity index (χ0) is 9.26. The van der Waals surface area contributed by atoms with Gasteiger partial charge in [-0.3, -0.25) is 0 Å². The second-order valence-electron chi connectivity index (χ2n) is 3.42. The highest BCUT2D eigenvalue weighted by Gasteiger charge is 2.13. The van der Waals surface area contributed by atoms with Gasteiger partial charge in [0.2, 0.25) is 0 Å². The molecule has 1 aliphatic heterocycles. The van der Waals surface area contributed by atoms with Crippen LogP contribution < -0.4 is 4.89 Å². The molecule has 0 saturated carbocycles. The molecule has 0 saturated heterocycles. The molecule has 68 valence electrons. The molecule has 0 bridgehead atoms. The van der Waals surface area contributed by atoms with Crippen molar-refractivity contribution in [1.82, 2.24) is 0 Å². The van der Waals surface area contributed by atoms with Crippen molar-refractivity contribution >= 4 is 0 Å². The Morgan fingerprint density at radius 3 is 3.15 bits per heavy atom. The fraction of sp³-hybridized carbons (Fsp3) is 0.273. The lowest BCUT2D eigenvalue weighted by atomic mass is 10.0. The number of hydrogen-bond donors (Lipinski definition) is 0. The van der Waals surface area contributed by atoms with E-state index < -0.39 is 0 Å². The maximum absolute atomic E-state index is 4.94. The number of hydrogen-bond acceptors (Lipinski definition) is 2. The molecule has 1 aromatic rings. The summed E-state index contributed by atoms with van der Waals surface area (Å²) in [6.45, 7) is 6.46. The third-order valence-corrected chi connectivity index (χ3v) is 1.99. The van der Waals surface area contributed by atoms with E-state index in [1.165, 1.54) is 11.1 Å². The third-order valence-electron chi connectivity index (χ3n) is 1.99. The molecular formula is C11H12O2. The fourth-order valence-corrected chi connectivity index (χ4v) is 1.44. The summed E-state index contributed by atoms with van der Waals surface area (Å²) in [6, 6.07) is 6.10. The lowest BCUT2D eigenvalue weighted by molar-refractivity contribution is -0.194. The van der Waals surface area contributed by atoms with Crippen LogP contribution in [0.2, 0.25) is 0 Å².